The van der Waals surface area contributed by atoms with Crippen molar-refractivity contribution in [2.75, 3.05) is 72.5 Å². The number of nitrogens with one attached hydrogen (secondary N) is 2. The number of unbranched alkanes of at least 4 members (excludes halogenated alkanes) is 1. The monoisotopic (exact) mass is 694 g/mol. The van der Waals surface area contributed by atoms with Crippen LogP contribution in [-0.2, 0) is 57.3 Å². The summed E-state index contributed by atoms with van der Waals surface area (Å²) in [7, 11) is 0. The van der Waals surface area contributed by atoms with E-state index >= 15 is 0 Å². The topological polar surface area (TPSA) is 224 Å². The summed E-state index contributed by atoms with van der Waals surface area (Å²) in [6.07, 6.45) is 6.16. The Balaban J connectivity index is 1.63. The maximum Gasteiger partial charge on any atom is 0.305 e. The fourth-order valence-electron chi connectivity index (χ4n) is 4.54. The summed E-state index contributed by atoms with van der Waals surface area (Å²) in [5.74, 6) is -3.86. The lowest BCUT2D eigenvalue weighted by Gasteiger charge is -2.19. The van der Waals surface area contributed by atoms with Gasteiger partial charge < -0.3 is 34.7 Å². The average molecular weight is 695 g/mol. The van der Waals surface area contributed by atoms with Crippen molar-refractivity contribution < 1.29 is 62.4 Å². The highest BCUT2D eigenvalue weighted by Crippen LogP contribution is 2.09. The van der Waals surface area contributed by atoms with E-state index in [1.54, 1.807) is 0 Å². The Hall–Kier alpha value is -4.32. The molecule has 2 rings (SSSR count). The number of ether oxygens (including phenoxy) is 4. The number of Topliss-reactive ketones (excluding diaryl/α,β-unsaturated/α-hetero) is 1. The molecule has 2 aliphatic rings. The molecule has 0 saturated carbocycles. The van der Waals surface area contributed by atoms with E-state index in [-0.39, 0.29) is 57.1 Å². The number of ketones is 1. The summed E-state index contributed by atoms with van der Waals surface area (Å²) in [5.41, 5.74) is 0. The second kappa shape index (κ2) is 23.9. The highest BCUT2D eigenvalue weighted by Gasteiger charge is 2.26. The van der Waals surface area contributed by atoms with E-state index in [0.717, 1.165) is 34.1 Å². The number of aliphatic carboxylic acids is 1. The summed E-state index contributed by atoms with van der Waals surface area (Å²) >= 11 is 0. The van der Waals surface area contributed by atoms with Crippen molar-refractivity contribution in [3.05, 3.63) is 24.3 Å². The smallest absolute Gasteiger partial charge is 0.305 e. The van der Waals surface area contributed by atoms with E-state index in [4.69, 9.17) is 24.1 Å². The minimum Gasteiger partial charge on any atom is -0.481 e. The summed E-state index contributed by atoms with van der Waals surface area (Å²) in [6, 6.07) is -0.808. The standard InChI is InChI=1S/C32H46N4O13/c37-25(5-3-16-46-18-20-48-22-23-49-21-19-47-17-12-32(44)45)24(34-27(39)11-15-36-30(42)8-9-31(36)43)4-1-2-13-33-26(38)10-14-35-28(40)6-7-29(35)41/h6-9,24H,1-5,10-23H2,(H,33,38)(H,34,39)(H,44,45)/t24-/m0/s1. The molecule has 0 aromatic rings. The number of rotatable bonds is 29. The summed E-state index contributed by atoms with van der Waals surface area (Å²) in [6.45, 7) is 2.53. The number of hydrogen-bond acceptors (Lipinski definition) is 12. The molecule has 0 radical (unpaired) electrons. The number of carboxylic acid groups (broad SMARTS) is 1. The van der Waals surface area contributed by atoms with E-state index in [1.807, 2.05) is 0 Å². The van der Waals surface area contributed by atoms with Crippen LogP contribution in [0.1, 0.15) is 51.4 Å². The van der Waals surface area contributed by atoms with Gasteiger partial charge in [-0.05, 0) is 25.7 Å². The maximum atomic E-state index is 13.0. The molecule has 6 amide bonds. The Morgan fingerprint density at radius 1 is 0.592 bits per heavy atom. The number of nitrogens with zero attached hydrogens (tertiary/aromatic N) is 2. The predicted molar refractivity (Wildman–Crippen MR) is 170 cm³/mol. The molecule has 0 unspecified atom stereocenters. The Kier molecular flexibility index (Phi) is 19.9. The summed E-state index contributed by atoms with van der Waals surface area (Å²) in [5, 5.41) is 14.0. The lowest BCUT2D eigenvalue weighted by molar-refractivity contribution is -0.139. The zero-order valence-electron chi connectivity index (χ0n) is 27.6. The molecule has 0 saturated heterocycles. The summed E-state index contributed by atoms with van der Waals surface area (Å²) in [4.78, 5) is 96.8. The largest absolute Gasteiger partial charge is 0.481 e. The minimum absolute atomic E-state index is 0.0222. The molecule has 0 spiro atoms. The molecule has 0 fully saturated rings. The van der Waals surface area contributed by atoms with E-state index in [0.29, 0.717) is 78.5 Å². The number of imide groups is 2. The van der Waals surface area contributed by atoms with Crippen molar-refractivity contribution in [3.8, 4) is 0 Å². The first kappa shape index (κ1) is 40.9. The first-order valence-electron chi connectivity index (χ1n) is 16.3. The van der Waals surface area contributed by atoms with Crippen molar-refractivity contribution in [2.24, 2.45) is 0 Å². The van der Waals surface area contributed by atoms with Gasteiger partial charge in [0.2, 0.25) is 11.8 Å². The normalized spacial score (nSPS) is 14.6. The van der Waals surface area contributed by atoms with Gasteiger partial charge in [0.25, 0.3) is 23.6 Å². The lowest BCUT2D eigenvalue weighted by Crippen LogP contribution is -2.42. The van der Waals surface area contributed by atoms with E-state index in [2.05, 4.69) is 10.6 Å². The van der Waals surface area contributed by atoms with Gasteiger partial charge in [-0.25, -0.2) is 0 Å². The van der Waals surface area contributed by atoms with Gasteiger partial charge in [0, 0.05) is 69.8 Å². The van der Waals surface area contributed by atoms with E-state index in [1.165, 1.54) is 0 Å². The van der Waals surface area contributed by atoms with Crippen LogP contribution in [0.4, 0.5) is 0 Å². The Labute approximate surface area is 284 Å². The zero-order chi connectivity index (χ0) is 35.9. The quantitative estimate of drug-likeness (QED) is 0.0650. The Morgan fingerprint density at radius 2 is 1.06 bits per heavy atom. The molecule has 17 nitrogen and oxygen atoms in total. The van der Waals surface area contributed by atoms with Gasteiger partial charge in [0.15, 0.2) is 5.78 Å². The first-order chi connectivity index (χ1) is 23.6. The van der Waals surface area contributed by atoms with Crippen molar-refractivity contribution in [2.45, 2.75) is 57.4 Å². The Morgan fingerprint density at radius 3 is 1.57 bits per heavy atom. The molecule has 2 heterocycles. The molecule has 0 bridgehead atoms. The van der Waals surface area contributed by atoms with Crippen LogP contribution in [-0.4, -0.2) is 141 Å². The van der Waals surface area contributed by atoms with Crippen LogP contribution in [0.25, 0.3) is 0 Å². The van der Waals surface area contributed by atoms with E-state index < -0.39 is 41.5 Å². The van der Waals surface area contributed by atoms with Crippen LogP contribution in [0, 0.1) is 0 Å². The third kappa shape index (κ3) is 17.6. The molecule has 0 aromatic heterocycles. The highest BCUT2D eigenvalue weighted by molar-refractivity contribution is 6.13. The second-order valence-corrected chi connectivity index (χ2v) is 11.0. The predicted octanol–water partition coefficient (Wildman–Crippen LogP) is -0.722. The first-order valence-corrected chi connectivity index (χ1v) is 16.3. The molecule has 17 heteroatoms. The molecule has 49 heavy (non-hydrogen) atoms. The molecule has 0 aromatic carbocycles. The van der Waals surface area contributed by atoms with Crippen molar-refractivity contribution in [1.29, 1.82) is 0 Å². The zero-order valence-corrected chi connectivity index (χ0v) is 27.6. The number of carbonyl (C=O) groups is 8. The van der Waals surface area contributed by atoms with Crippen LogP contribution < -0.4 is 10.6 Å². The third-order valence-electron chi connectivity index (χ3n) is 7.18. The second-order valence-electron chi connectivity index (χ2n) is 11.0. The number of hydrogen-bond donors (Lipinski definition) is 3. The van der Waals surface area contributed by atoms with Crippen molar-refractivity contribution in [3.63, 3.8) is 0 Å². The molecule has 272 valence electrons. The molecular weight excluding hydrogens is 648 g/mol. The van der Waals surface area contributed by atoms with Crippen molar-refractivity contribution in [1.82, 2.24) is 20.4 Å². The SMILES string of the molecule is O=C(O)CCOCCOCCOCCOCCCC(=O)[C@H](CCCCNC(=O)CCN1C(=O)C=CC1=O)NC(=O)CCN1C(=O)C=CC1=O. The van der Waals surface area contributed by atoms with Crippen LogP contribution >= 0.6 is 0 Å². The summed E-state index contributed by atoms with van der Waals surface area (Å²) < 4.78 is 21.4. The highest BCUT2D eigenvalue weighted by atomic mass is 16.6. The molecule has 2 aliphatic heterocycles. The molecule has 0 aliphatic carbocycles. The molecule has 1 atom stereocenters. The van der Waals surface area contributed by atoms with Gasteiger partial charge >= 0.3 is 5.97 Å². The minimum atomic E-state index is -0.920. The van der Waals surface area contributed by atoms with Crippen LogP contribution in [0.3, 0.4) is 0 Å². The average Bonchev–Trinajstić information content (AvgIpc) is 3.57. The van der Waals surface area contributed by atoms with Crippen LogP contribution in [0.15, 0.2) is 24.3 Å². The van der Waals surface area contributed by atoms with Crippen LogP contribution in [0.2, 0.25) is 0 Å². The van der Waals surface area contributed by atoms with Gasteiger partial charge in [-0.1, -0.05) is 0 Å². The maximum absolute atomic E-state index is 13.0. The number of amides is 6. The molecular formula is C32H46N4O13. The number of carboxylic acids is 1. The number of carbonyl (C=O) groups excluding carboxylic acids is 7. The fourth-order valence-corrected chi connectivity index (χ4v) is 4.54. The van der Waals surface area contributed by atoms with Gasteiger partial charge in [0.1, 0.15) is 0 Å². The van der Waals surface area contributed by atoms with Gasteiger partial charge in [-0.2, -0.15) is 0 Å². The lowest BCUT2D eigenvalue weighted by atomic mass is 10.0. The van der Waals surface area contributed by atoms with Gasteiger partial charge in [-0.15, -0.1) is 0 Å². The fraction of sp³-hybridized carbons (Fsp3) is 0.625. The van der Waals surface area contributed by atoms with Crippen molar-refractivity contribution >= 4 is 47.2 Å². The van der Waals surface area contributed by atoms with Gasteiger partial charge in [0.05, 0.1) is 58.7 Å². The molecule has 3 N–H and O–H groups in total. The third-order valence-corrected chi connectivity index (χ3v) is 7.18. The Bertz CT molecular complexity index is 1180. The van der Waals surface area contributed by atoms with Gasteiger partial charge in [-0.3, -0.25) is 48.2 Å². The van der Waals surface area contributed by atoms with Crippen LogP contribution in [0.5, 0.6) is 0 Å². The van der Waals surface area contributed by atoms with E-state index in [9.17, 15) is 38.4 Å².